The number of carboxylic acid groups (broad SMARTS) is 1. The van der Waals surface area contributed by atoms with E-state index in [1.807, 2.05) is 13.8 Å². The lowest BCUT2D eigenvalue weighted by Gasteiger charge is -2.23. The predicted molar refractivity (Wildman–Crippen MR) is 117 cm³/mol. The lowest BCUT2D eigenvalue weighted by Crippen LogP contribution is -2.54. The molecule has 1 aromatic rings. The predicted octanol–water partition coefficient (Wildman–Crippen LogP) is -0.0968. The summed E-state index contributed by atoms with van der Waals surface area (Å²) in [6, 6.07) is 3.67. The molecular formula is C22H32N4O6. The molecule has 0 radical (unpaired) electrons. The molecule has 10 heteroatoms. The Labute approximate surface area is 187 Å². The van der Waals surface area contributed by atoms with Crippen LogP contribution in [0.3, 0.4) is 0 Å². The van der Waals surface area contributed by atoms with Crippen LogP contribution in [-0.4, -0.2) is 65.1 Å². The van der Waals surface area contributed by atoms with Crippen LogP contribution in [0.5, 0.6) is 5.75 Å². The van der Waals surface area contributed by atoms with Gasteiger partial charge in [0.1, 0.15) is 17.8 Å². The first-order valence-electron chi connectivity index (χ1n) is 10.8. The van der Waals surface area contributed by atoms with E-state index >= 15 is 0 Å². The highest BCUT2D eigenvalue weighted by molar-refractivity contribution is 5.92. The molecule has 3 amide bonds. The second kappa shape index (κ2) is 12.0. The minimum Gasteiger partial charge on any atom is -0.508 e. The fourth-order valence-corrected chi connectivity index (χ4v) is 3.49. The number of aromatic hydroxyl groups is 1. The van der Waals surface area contributed by atoms with E-state index in [2.05, 4.69) is 21.3 Å². The molecule has 1 heterocycles. The van der Waals surface area contributed by atoms with Crippen LogP contribution in [0.2, 0.25) is 0 Å². The molecule has 0 bridgehead atoms. The molecule has 1 aliphatic rings. The lowest BCUT2D eigenvalue weighted by molar-refractivity contribution is -0.142. The highest BCUT2D eigenvalue weighted by Gasteiger charge is 2.28. The number of amides is 3. The highest BCUT2D eigenvalue weighted by atomic mass is 16.4. The summed E-state index contributed by atoms with van der Waals surface area (Å²) in [6.45, 7) is 4.14. The molecule has 1 aliphatic heterocycles. The van der Waals surface area contributed by atoms with Gasteiger partial charge in [0.25, 0.3) is 0 Å². The topological polar surface area (TPSA) is 157 Å². The Bertz CT molecular complexity index is 805. The molecule has 0 aromatic heterocycles. The number of rotatable bonds is 11. The molecule has 3 atom stereocenters. The molecule has 176 valence electrons. The van der Waals surface area contributed by atoms with E-state index in [1.165, 1.54) is 12.1 Å². The highest BCUT2D eigenvalue weighted by Crippen LogP contribution is 2.12. The maximum atomic E-state index is 12.9. The van der Waals surface area contributed by atoms with Crippen LogP contribution in [-0.2, 0) is 25.6 Å². The van der Waals surface area contributed by atoms with Crippen LogP contribution >= 0.6 is 0 Å². The SMILES string of the molecule is CC(C)CC(NC(=O)C(Cc1ccc(O)cc1)NC(=O)CNC(=O)C1CCCN1)C(=O)O. The summed E-state index contributed by atoms with van der Waals surface area (Å²) in [4.78, 5) is 48.9. The Hall–Kier alpha value is -3.14. The summed E-state index contributed by atoms with van der Waals surface area (Å²) >= 11 is 0. The van der Waals surface area contributed by atoms with Crippen molar-refractivity contribution in [3.63, 3.8) is 0 Å². The van der Waals surface area contributed by atoms with Gasteiger partial charge in [-0.05, 0) is 49.4 Å². The number of hydrogen-bond donors (Lipinski definition) is 6. The molecule has 0 aliphatic carbocycles. The number of phenols is 1. The smallest absolute Gasteiger partial charge is 0.326 e. The fourth-order valence-electron chi connectivity index (χ4n) is 3.49. The summed E-state index contributed by atoms with van der Waals surface area (Å²) in [5, 5.41) is 29.6. The molecule has 10 nitrogen and oxygen atoms in total. The van der Waals surface area contributed by atoms with Crippen LogP contribution in [0.1, 0.15) is 38.7 Å². The van der Waals surface area contributed by atoms with Gasteiger partial charge < -0.3 is 31.5 Å². The van der Waals surface area contributed by atoms with Gasteiger partial charge in [0.2, 0.25) is 17.7 Å². The number of carbonyl (C=O) groups excluding carboxylic acids is 3. The Balaban J connectivity index is 2.04. The van der Waals surface area contributed by atoms with Crippen molar-refractivity contribution in [3.05, 3.63) is 29.8 Å². The van der Waals surface area contributed by atoms with Crippen molar-refractivity contribution in [1.82, 2.24) is 21.3 Å². The molecule has 6 N–H and O–H groups in total. The standard InChI is InChI=1S/C22H32N4O6/c1-13(2)10-18(22(31)32)26-21(30)17(11-14-5-7-15(27)8-6-14)25-19(28)12-24-20(29)16-4-3-9-23-16/h5-8,13,16-18,23,27H,3-4,9-12H2,1-2H3,(H,24,29)(H,25,28)(H,26,30)(H,31,32). The van der Waals surface area contributed by atoms with Crippen molar-refractivity contribution in [3.8, 4) is 5.75 Å². The first-order valence-corrected chi connectivity index (χ1v) is 10.8. The molecule has 2 rings (SSSR count). The van der Waals surface area contributed by atoms with E-state index in [0.717, 1.165) is 13.0 Å². The Kier molecular flexibility index (Phi) is 9.45. The second-order valence-electron chi connectivity index (χ2n) is 8.39. The number of hydrogen-bond acceptors (Lipinski definition) is 6. The molecule has 1 aromatic carbocycles. The third-order valence-corrected chi connectivity index (χ3v) is 5.15. The van der Waals surface area contributed by atoms with Crippen molar-refractivity contribution in [2.45, 2.75) is 57.7 Å². The van der Waals surface area contributed by atoms with Crippen LogP contribution < -0.4 is 21.3 Å². The third-order valence-electron chi connectivity index (χ3n) is 5.15. The van der Waals surface area contributed by atoms with Crippen LogP contribution in [0.4, 0.5) is 0 Å². The van der Waals surface area contributed by atoms with Crippen molar-refractivity contribution >= 4 is 23.7 Å². The number of carbonyl (C=O) groups is 4. The average Bonchev–Trinajstić information content (AvgIpc) is 3.27. The van der Waals surface area contributed by atoms with Crippen molar-refractivity contribution < 1.29 is 29.4 Å². The molecule has 3 unspecified atom stereocenters. The van der Waals surface area contributed by atoms with E-state index in [-0.39, 0.29) is 43.0 Å². The van der Waals surface area contributed by atoms with Gasteiger partial charge >= 0.3 is 5.97 Å². The van der Waals surface area contributed by atoms with Gasteiger partial charge in [0.15, 0.2) is 0 Å². The molecular weight excluding hydrogens is 416 g/mol. The van der Waals surface area contributed by atoms with Gasteiger partial charge in [-0.15, -0.1) is 0 Å². The van der Waals surface area contributed by atoms with E-state index in [4.69, 9.17) is 0 Å². The first kappa shape index (κ1) is 25.1. The monoisotopic (exact) mass is 448 g/mol. The average molecular weight is 449 g/mol. The van der Waals surface area contributed by atoms with Gasteiger partial charge in [0.05, 0.1) is 12.6 Å². The minimum atomic E-state index is -1.15. The summed E-state index contributed by atoms with van der Waals surface area (Å²) in [7, 11) is 0. The van der Waals surface area contributed by atoms with E-state index in [1.54, 1.807) is 12.1 Å². The quantitative estimate of drug-likeness (QED) is 0.276. The van der Waals surface area contributed by atoms with E-state index < -0.39 is 29.9 Å². The maximum Gasteiger partial charge on any atom is 0.326 e. The first-order chi connectivity index (χ1) is 15.2. The zero-order valence-corrected chi connectivity index (χ0v) is 18.4. The van der Waals surface area contributed by atoms with Gasteiger partial charge in [-0.2, -0.15) is 0 Å². The summed E-state index contributed by atoms with van der Waals surface area (Å²) in [5.41, 5.74) is 0.665. The molecule has 1 fully saturated rings. The van der Waals surface area contributed by atoms with Crippen molar-refractivity contribution in [2.24, 2.45) is 5.92 Å². The number of carboxylic acids is 1. The van der Waals surface area contributed by atoms with E-state index in [0.29, 0.717) is 12.0 Å². The van der Waals surface area contributed by atoms with E-state index in [9.17, 15) is 29.4 Å². The molecule has 0 spiro atoms. The maximum absolute atomic E-state index is 12.9. The minimum absolute atomic E-state index is 0.0425. The Morgan fingerprint density at radius 2 is 1.78 bits per heavy atom. The molecule has 32 heavy (non-hydrogen) atoms. The summed E-state index contributed by atoms with van der Waals surface area (Å²) in [6.07, 6.45) is 1.92. The normalized spacial score (nSPS) is 17.4. The number of nitrogens with one attached hydrogen (secondary N) is 4. The van der Waals surface area contributed by atoms with Gasteiger partial charge in [-0.1, -0.05) is 26.0 Å². The lowest BCUT2D eigenvalue weighted by atomic mass is 10.0. The summed E-state index contributed by atoms with van der Waals surface area (Å²) in [5.74, 6) is -2.53. The largest absolute Gasteiger partial charge is 0.508 e. The fraction of sp³-hybridized carbons (Fsp3) is 0.545. The van der Waals surface area contributed by atoms with Crippen LogP contribution in [0.25, 0.3) is 0 Å². The second-order valence-corrected chi connectivity index (χ2v) is 8.39. The zero-order valence-electron chi connectivity index (χ0n) is 18.4. The summed E-state index contributed by atoms with van der Waals surface area (Å²) < 4.78 is 0. The Morgan fingerprint density at radius 3 is 2.34 bits per heavy atom. The Morgan fingerprint density at radius 1 is 1.09 bits per heavy atom. The number of aliphatic carboxylic acids is 1. The molecule has 0 saturated carbocycles. The van der Waals surface area contributed by atoms with Gasteiger partial charge in [-0.3, -0.25) is 14.4 Å². The van der Waals surface area contributed by atoms with Gasteiger partial charge in [0, 0.05) is 6.42 Å². The molecule has 1 saturated heterocycles. The van der Waals surface area contributed by atoms with Crippen LogP contribution in [0.15, 0.2) is 24.3 Å². The van der Waals surface area contributed by atoms with Crippen LogP contribution in [0, 0.1) is 5.92 Å². The van der Waals surface area contributed by atoms with Crippen molar-refractivity contribution in [1.29, 1.82) is 0 Å². The number of benzene rings is 1. The van der Waals surface area contributed by atoms with Gasteiger partial charge in [-0.25, -0.2) is 4.79 Å². The third kappa shape index (κ3) is 8.18. The zero-order chi connectivity index (χ0) is 23.7. The number of phenolic OH excluding ortho intramolecular Hbond substituents is 1. The van der Waals surface area contributed by atoms with Crippen molar-refractivity contribution in [2.75, 3.05) is 13.1 Å².